The molecule has 5 nitrogen and oxygen atoms in total. The summed E-state index contributed by atoms with van der Waals surface area (Å²) in [4.78, 5) is 14.0. The van der Waals surface area contributed by atoms with Crippen LogP contribution in [0.1, 0.15) is 16.8 Å². The van der Waals surface area contributed by atoms with Gasteiger partial charge in [0.1, 0.15) is 0 Å². The van der Waals surface area contributed by atoms with Crippen molar-refractivity contribution in [3.8, 4) is 17.2 Å². The molecule has 0 atom stereocenters. The second kappa shape index (κ2) is 9.90. The van der Waals surface area contributed by atoms with Gasteiger partial charge < -0.3 is 31.5 Å². The van der Waals surface area contributed by atoms with Crippen molar-refractivity contribution in [2.45, 2.75) is 6.42 Å². The van der Waals surface area contributed by atoms with Crippen molar-refractivity contribution in [2.24, 2.45) is 0 Å². The molecule has 23 heavy (non-hydrogen) atoms. The molecule has 0 spiro atoms. The van der Waals surface area contributed by atoms with Crippen LogP contribution in [0.25, 0.3) is 0 Å². The van der Waals surface area contributed by atoms with Gasteiger partial charge in [-0.3, -0.25) is 4.79 Å². The summed E-state index contributed by atoms with van der Waals surface area (Å²) in [6.45, 7) is 3.18. The van der Waals surface area contributed by atoms with E-state index < -0.39 is 0 Å². The van der Waals surface area contributed by atoms with E-state index in [9.17, 15) is 4.79 Å². The number of halogens is 1. The number of carbonyl (C=O) groups excluding carboxylic acids is 1. The number of methoxy groups -OCH3 is 3. The molecule has 0 saturated carbocycles. The maximum Gasteiger partial charge on any atom is 0.203 e. The Balaban J connectivity index is 0.00000264. The van der Waals surface area contributed by atoms with Crippen LogP contribution in [-0.4, -0.2) is 58.3 Å². The summed E-state index contributed by atoms with van der Waals surface area (Å²) in [7, 11) is 4.67. The third kappa shape index (κ3) is 5.19. The van der Waals surface area contributed by atoms with Crippen molar-refractivity contribution in [1.82, 2.24) is 0 Å². The minimum Gasteiger partial charge on any atom is -1.00 e. The lowest BCUT2D eigenvalue weighted by Gasteiger charge is -2.22. The molecule has 2 rings (SSSR count). The molecule has 0 aromatic heterocycles. The van der Waals surface area contributed by atoms with Gasteiger partial charge in [-0.15, -0.1) is 0 Å². The van der Waals surface area contributed by atoms with Crippen LogP contribution < -0.4 is 31.5 Å². The molecule has 1 aliphatic rings. The summed E-state index contributed by atoms with van der Waals surface area (Å²) in [5, 5.41) is 0. The van der Waals surface area contributed by atoms with Gasteiger partial charge in [0.05, 0.1) is 47.4 Å². The molecule has 1 fully saturated rings. The lowest BCUT2D eigenvalue weighted by molar-refractivity contribution is -0.895. The molecule has 7 heteroatoms. The highest BCUT2D eigenvalue weighted by Crippen LogP contribution is 2.38. The van der Waals surface area contributed by atoms with E-state index in [4.69, 9.17) is 14.2 Å². The minimum atomic E-state index is 0. The summed E-state index contributed by atoms with van der Waals surface area (Å²) in [6.07, 6.45) is 0.540. The highest BCUT2D eigenvalue weighted by atomic mass is 35.5. The zero-order valence-corrected chi connectivity index (χ0v) is 15.4. The van der Waals surface area contributed by atoms with Crippen LogP contribution in [0.5, 0.6) is 17.2 Å². The fourth-order valence-corrected chi connectivity index (χ4v) is 3.66. The fraction of sp³-hybridized carbons (Fsp3) is 0.562. The zero-order valence-electron chi connectivity index (χ0n) is 13.8. The Bertz CT molecular complexity index is 496. The first-order valence-electron chi connectivity index (χ1n) is 7.44. The van der Waals surface area contributed by atoms with Crippen LogP contribution in [0, 0.1) is 0 Å². The van der Waals surface area contributed by atoms with E-state index in [-0.39, 0.29) is 18.2 Å². The molecule has 0 unspecified atom stereocenters. The van der Waals surface area contributed by atoms with Gasteiger partial charge in [0.25, 0.3) is 0 Å². The first kappa shape index (κ1) is 19.9. The molecule has 1 saturated heterocycles. The minimum absolute atomic E-state index is 0. The van der Waals surface area contributed by atoms with Crippen molar-refractivity contribution in [2.75, 3.05) is 52.5 Å². The Labute approximate surface area is 148 Å². The second-order valence-corrected chi connectivity index (χ2v) is 6.42. The molecule has 0 amide bonds. The van der Waals surface area contributed by atoms with E-state index in [1.165, 1.54) is 16.4 Å². The van der Waals surface area contributed by atoms with Crippen LogP contribution >= 0.6 is 11.8 Å². The second-order valence-electron chi connectivity index (χ2n) is 5.20. The number of ether oxygens (including phenoxy) is 3. The molecule has 1 aromatic carbocycles. The van der Waals surface area contributed by atoms with Crippen LogP contribution in [0.2, 0.25) is 0 Å². The Hall–Kier alpha value is -1.11. The SMILES string of the molecule is COc1cc(C(=O)CC[NH+]2CCSCC2)cc(OC)c1OC.[Cl-]. The number of ketones is 1. The molecule has 1 aromatic rings. The van der Waals surface area contributed by atoms with Crippen molar-refractivity contribution in [3.05, 3.63) is 17.7 Å². The smallest absolute Gasteiger partial charge is 0.203 e. The Morgan fingerprint density at radius 1 is 1.09 bits per heavy atom. The topological polar surface area (TPSA) is 49.2 Å². The van der Waals surface area contributed by atoms with Gasteiger partial charge in [0, 0.05) is 17.1 Å². The number of Topliss-reactive ketones (excluding diaryl/α,β-unsaturated/α-hetero) is 1. The van der Waals surface area contributed by atoms with E-state index >= 15 is 0 Å². The van der Waals surface area contributed by atoms with Crippen molar-refractivity contribution in [3.63, 3.8) is 0 Å². The van der Waals surface area contributed by atoms with E-state index in [0.29, 0.717) is 29.2 Å². The largest absolute Gasteiger partial charge is 1.00 e. The van der Waals surface area contributed by atoms with E-state index in [1.807, 2.05) is 11.8 Å². The normalized spacial score (nSPS) is 14.7. The average Bonchev–Trinajstić information content (AvgIpc) is 2.59. The number of quaternary nitrogens is 1. The van der Waals surface area contributed by atoms with Gasteiger partial charge in [0.2, 0.25) is 5.75 Å². The predicted octanol–water partition coefficient (Wildman–Crippen LogP) is -2.08. The summed E-state index contributed by atoms with van der Waals surface area (Å²) in [5.74, 6) is 4.05. The third-order valence-electron chi connectivity index (χ3n) is 3.89. The van der Waals surface area contributed by atoms with Crippen molar-refractivity contribution >= 4 is 17.5 Å². The number of benzene rings is 1. The summed E-state index contributed by atoms with van der Waals surface area (Å²) in [6, 6.07) is 3.45. The van der Waals surface area contributed by atoms with Gasteiger partial charge in [-0.25, -0.2) is 0 Å². The van der Waals surface area contributed by atoms with E-state index in [2.05, 4.69) is 0 Å². The molecule has 0 aliphatic carbocycles. The van der Waals surface area contributed by atoms with Crippen LogP contribution in [-0.2, 0) is 0 Å². The Kier molecular flexibility index (Phi) is 8.58. The molecular weight excluding hydrogens is 338 g/mol. The number of carbonyl (C=O) groups is 1. The Morgan fingerprint density at radius 3 is 2.13 bits per heavy atom. The first-order valence-corrected chi connectivity index (χ1v) is 8.59. The number of nitrogens with one attached hydrogen (secondary N) is 1. The van der Waals surface area contributed by atoms with Gasteiger partial charge in [-0.05, 0) is 12.1 Å². The van der Waals surface area contributed by atoms with Crippen LogP contribution in [0.3, 0.4) is 0 Å². The van der Waals surface area contributed by atoms with Gasteiger partial charge in [-0.2, -0.15) is 11.8 Å². The molecular formula is C16H24ClNO4S. The lowest BCUT2D eigenvalue weighted by atomic mass is 10.1. The molecule has 130 valence electrons. The predicted molar refractivity (Wildman–Crippen MR) is 87.9 cm³/mol. The van der Waals surface area contributed by atoms with E-state index in [0.717, 1.165) is 19.6 Å². The highest BCUT2D eigenvalue weighted by Gasteiger charge is 2.19. The summed E-state index contributed by atoms with van der Waals surface area (Å²) >= 11 is 1.99. The van der Waals surface area contributed by atoms with Crippen LogP contribution in [0.4, 0.5) is 0 Å². The first-order chi connectivity index (χ1) is 10.7. The maximum atomic E-state index is 12.5. The quantitative estimate of drug-likeness (QED) is 0.565. The molecule has 1 N–H and O–H groups in total. The molecule has 1 heterocycles. The maximum absolute atomic E-state index is 12.5. The molecule has 0 radical (unpaired) electrons. The van der Waals surface area contributed by atoms with Gasteiger partial charge >= 0.3 is 0 Å². The standard InChI is InChI=1S/C16H23NO4S.ClH/c1-19-14-10-12(11-15(20-2)16(14)21-3)13(18)4-5-17-6-8-22-9-7-17;/h10-11H,4-9H2,1-3H3;1H. The Morgan fingerprint density at radius 2 is 1.65 bits per heavy atom. The summed E-state index contributed by atoms with van der Waals surface area (Å²) in [5.41, 5.74) is 0.611. The molecule has 1 aliphatic heterocycles. The van der Waals surface area contributed by atoms with Gasteiger partial charge in [0.15, 0.2) is 17.3 Å². The fourth-order valence-electron chi connectivity index (χ4n) is 2.59. The lowest BCUT2D eigenvalue weighted by Crippen LogP contribution is -3.13. The number of thioether (sulfide) groups is 1. The number of hydrogen-bond donors (Lipinski definition) is 1. The monoisotopic (exact) mass is 361 g/mol. The number of rotatable bonds is 7. The zero-order chi connectivity index (χ0) is 15.9. The third-order valence-corrected chi connectivity index (χ3v) is 4.88. The van der Waals surface area contributed by atoms with Crippen molar-refractivity contribution < 1.29 is 36.3 Å². The van der Waals surface area contributed by atoms with Gasteiger partial charge in [-0.1, -0.05) is 0 Å². The molecule has 0 bridgehead atoms. The highest BCUT2D eigenvalue weighted by molar-refractivity contribution is 7.99. The van der Waals surface area contributed by atoms with Crippen LogP contribution in [0.15, 0.2) is 12.1 Å². The summed E-state index contributed by atoms with van der Waals surface area (Å²) < 4.78 is 15.9. The van der Waals surface area contributed by atoms with E-state index in [1.54, 1.807) is 33.5 Å². The number of hydrogen-bond acceptors (Lipinski definition) is 5. The average molecular weight is 362 g/mol. The van der Waals surface area contributed by atoms with Crippen molar-refractivity contribution in [1.29, 1.82) is 0 Å².